The van der Waals surface area contributed by atoms with Crippen molar-refractivity contribution in [3.8, 4) is 0 Å². The van der Waals surface area contributed by atoms with Crippen molar-refractivity contribution in [2.24, 2.45) is 0 Å². The molecule has 226 valence electrons. The van der Waals surface area contributed by atoms with Crippen LogP contribution in [0.5, 0.6) is 0 Å². The molecule has 1 amide bonds. The second kappa shape index (κ2) is 26.2. The third-order valence-electron chi connectivity index (χ3n) is 6.29. The van der Waals surface area contributed by atoms with Gasteiger partial charge in [0, 0.05) is 19.4 Å². The van der Waals surface area contributed by atoms with E-state index in [1.807, 2.05) is 0 Å². The van der Waals surface area contributed by atoms with E-state index in [2.05, 4.69) is 19.2 Å². The van der Waals surface area contributed by atoms with Crippen molar-refractivity contribution in [3.63, 3.8) is 0 Å². The topological polar surface area (TPSA) is 131 Å². The van der Waals surface area contributed by atoms with Crippen molar-refractivity contribution in [3.05, 3.63) is 0 Å². The van der Waals surface area contributed by atoms with Gasteiger partial charge in [-0.1, -0.05) is 110 Å². The van der Waals surface area contributed by atoms with Crippen molar-refractivity contribution in [2.75, 3.05) is 26.4 Å². The number of phosphoric acid groups is 1. The highest BCUT2D eigenvalue weighted by atomic mass is 31.2. The predicted octanol–water partition coefficient (Wildman–Crippen LogP) is 6.59. The van der Waals surface area contributed by atoms with Gasteiger partial charge in [0.05, 0.1) is 13.2 Å². The number of hydrogen-bond acceptors (Lipinski definition) is 7. The number of nitrogens with one attached hydrogen (secondary N) is 1. The van der Waals surface area contributed by atoms with Crippen LogP contribution in [0, 0.1) is 0 Å². The van der Waals surface area contributed by atoms with E-state index in [4.69, 9.17) is 13.8 Å². The molecule has 10 heteroatoms. The van der Waals surface area contributed by atoms with Crippen LogP contribution in [0.4, 0.5) is 0 Å². The van der Waals surface area contributed by atoms with Gasteiger partial charge < -0.3 is 20.1 Å². The molecule has 0 heterocycles. The van der Waals surface area contributed by atoms with Crippen LogP contribution in [-0.4, -0.2) is 54.3 Å². The zero-order valence-electron chi connectivity index (χ0n) is 24.1. The summed E-state index contributed by atoms with van der Waals surface area (Å²) < 4.78 is 26.5. The minimum atomic E-state index is -4.38. The quantitative estimate of drug-likeness (QED) is 0.0550. The normalized spacial score (nSPS) is 13.7. The van der Waals surface area contributed by atoms with Crippen LogP contribution in [0.25, 0.3) is 0 Å². The Morgan fingerprint density at radius 2 is 1.18 bits per heavy atom. The second-order valence-corrected chi connectivity index (χ2v) is 11.5. The average molecular weight is 566 g/mol. The predicted molar refractivity (Wildman–Crippen MR) is 151 cm³/mol. The number of rotatable bonds is 28. The number of phosphoric ester groups is 1. The minimum Gasteiger partial charge on any atom is -0.463 e. The van der Waals surface area contributed by atoms with Crippen LogP contribution in [0.2, 0.25) is 0 Å². The highest BCUT2D eigenvalue weighted by molar-refractivity contribution is 7.47. The molecule has 0 rings (SSSR count). The third-order valence-corrected chi connectivity index (χ3v) is 7.27. The third kappa shape index (κ3) is 26.6. The van der Waals surface area contributed by atoms with Gasteiger partial charge in [0.25, 0.3) is 0 Å². The van der Waals surface area contributed by atoms with Gasteiger partial charge >= 0.3 is 13.8 Å². The Kier molecular flexibility index (Phi) is 25.6. The number of aliphatic hydroxyl groups excluding tert-OH is 1. The molecule has 0 aliphatic rings. The van der Waals surface area contributed by atoms with E-state index in [-0.39, 0.29) is 32.1 Å². The molecule has 2 unspecified atom stereocenters. The fraction of sp³-hybridized carbons (Fsp3) is 0.929. The number of esters is 1. The van der Waals surface area contributed by atoms with Gasteiger partial charge in [-0.15, -0.1) is 0 Å². The lowest BCUT2D eigenvalue weighted by Gasteiger charge is -2.15. The Morgan fingerprint density at radius 1 is 0.711 bits per heavy atom. The van der Waals surface area contributed by atoms with Gasteiger partial charge in [0.15, 0.2) is 0 Å². The standard InChI is InChI=1S/C28H56NO8P/c1-3-5-7-9-11-12-13-14-15-16-18-20-27(31)29-22-23-36-38(33,34)37-25-26(30)24-35-28(32)21-19-17-10-8-6-4-2/h26,30H,3-25H2,1-2H3,(H,29,31)(H,33,34). The van der Waals surface area contributed by atoms with Crippen LogP contribution in [0.3, 0.4) is 0 Å². The van der Waals surface area contributed by atoms with Crippen LogP contribution in [-0.2, 0) is 27.9 Å². The lowest BCUT2D eigenvalue weighted by atomic mass is 10.1. The van der Waals surface area contributed by atoms with Gasteiger partial charge in [-0.25, -0.2) is 4.57 Å². The van der Waals surface area contributed by atoms with E-state index >= 15 is 0 Å². The molecule has 0 aromatic heterocycles. The SMILES string of the molecule is CCCCCCCCCCCCCC(=O)NCCOP(=O)(O)OCC(O)COC(=O)CCCCCCCC. The van der Waals surface area contributed by atoms with E-state index in [1.54, 1.807) is 0 Å². The summed E-state index contributed by atoms with van der Waals surface area (Å²) in [5.41, 5.74) is 0. The fourth-order valence-corrected chi connectivity index (χ4v) is 4.72. The summed E-state index contributed by atoms with van der Waals surface area (Å²) in [6, 6.07) is 0. The summed E-state index contributed by atoms with van der Waals surface area (Å²) in [7, 11) is -4.38. The second-order valence-electron chi connectivity index (χ2n) is 10.1. The van der Waals surface area contributed by atoms with Crippen molar-refractivity contribution >= 4 is 19.7 Å². The molecule has 0 fully saturated rings. The van der Waals surface area contributed by atoms with Crippen molar-refractivity contribution in [2.45, 2.75) is 142 Å². The molecule has 9 nitrogen and oxygen atoms in total. The molecule has 0 aliphatic heterocycles. The van der Waals surface area contributed by atoms with Crippen molar-refractivity contribution in [1.29, 1.82) is 0 Å². The van der Waals surface area contributed by atoms with Gasteiger partial charge in [0.2, 0.25) is 5.91 Å². The first-order valence-corrected chi connectivity index (χ1v) is 16.5. The van der Waals surface area contributed by atoms with Crippen molar-refractivity contribution in [1.82, 2.24) is 5.32 Å². The number of aliphatic hydroxyl groups is 1. The number of carbonyl (C=O) groups excluding carboxylic acids is 2. The Hall–Kier alpha value is -0.990. The summed E-state index contributed by atoms with van der Waals surface area (Å²) in [5, 5.41) is 12.5. The molecular formula is C28H56NO8P. The lowest BCUT2D eigenvalue weighted by molar-refractivity contribution is -0.147. The van der Waals surface area contributed by atoms with Gasteiger partial charge in [0.1, 0.15) is 12.7 Å². The van der Waals surface area contributed by atoms with Crippen LogP contribution in [0.15, 0.2) is 0 Å². The summed E-state index contributed by atoms with van der Waals surface area (Å²) in [6.07, 6.45) is 19.2. The maximum absolute atomic E-state index is 11.9. The van der Waals surface area contributed by atoms with Crippen molar-refractivity contribution < 1.29 is 37.9 Å². The molecule has 0 saturated heterocycles. The molecule has 0 radical (unpaired) electrons. The smallest absolute Gasteiger partial charge is 0.463 e. The van der Waals surface area contributed by atoms with Crippen LogP contribution in [0.1, 0.15) is 136 Å². The summed E-state index contributed by atoms with van der Waals surface area (Å²) in [4.78, 5) is 33.3. The summed E-state index contributed by atoms with van der Waals surface area (Å²) in [6.45, 7) is 3.44. The first kappa shape index (κ1) is 37.0. The highest BCUT2D eigenvalue weighted by Gasteiger charge is 2.23. The van der Waals surface area contributed by atoms with Gasteiger partial charge in [-0.2, -0.15) is 0 Å². The first-order valence-electron chi connectivity index (χ1n) is 15.0. The zero-order chi connectivity index (χ0) is 28.3. The first-order chi connectivity index (χ1) is 18.3. The Morgan fingerprint density at radius 3 is 1.71 bits per heavy atom. The van der Waals surface area contributed by atoms with E-state index < -0.39 is 26.5 Å². The fourth-order valence-electron chi connectivity index (χ4n) is 3.97. The largest absolute Gasteiger partial charge is 0.472 e. The molecule has 0 aliphatic carbocycles. The van der Waals surface area contributed by atoms with Gasteiger partial charge in [-0.05, 0) is 12.8 Å². The minimum absolute atomic E-state index is 0.0867. The molecule has 0 spiro atoms. The number of carbonyl (C=O) groups is 2. The molecule has 0 aromatic carbocycles. The molecule has 0 aromatic rings. The van der Waals surface area contributed by atoms with Crippen LogP contribution < -0.4 is 5.32 Å². The maximum Gasteiger partial charge on any atom is 0.472 e. The molecular weight excluding hydrogens is 509 g/mol. The maximum atomic E-state index is 11.9. The lowest BCUT2D eigenvalue weighted by Crippen LogP contribution is -2.27. The monoisotopic (exact) mass is 565 g/mol. The highest BCUT2D eigenvalue weighted by Crippen LogP contribution is 2.42. The average Bonchev–Trinajstić information content (AvgIpc) is 2.89. The Bertz CT molecular complexity index is 620. The number of amides is 1. The number of ether oxygens (including phenoxy) is 1. The van der Waals surface area contributed by atoms with E-state index in [0.29, 0.717) is 6.42 Å². The zero-order valence-corrected chi connectivity index (χ0v) is 25.0. The molecule has 2 atom stereocenters. The summed E-state index contributed by atoms with van der Waals surface area (Å²) in [5.74, 6) is -0.525. The van der Waals surface area contributed by atoms with E-state index in [1.165, 1.54) is 64.2 Å². The molecule has 38 heavy (non-hydrogen) atoms. The van der Waals surface area contributed by atoms with E-state index in [9.17, 15) is 24.2 Å². The molecule has 0 bridgehead atoms. The number of hydrogen-bond donors (Lipinski definition) is 3. The van der Waals surface area contributed by atoms with E-state index in [0.717, 1.165) is 44.9 Å². The number of unbranched alkanes of at least 4 members (excludes halogenated alkanes) is 15. The Balaban J connectivity index is 3.65. The van der Waals surface area contributed by atoms with Crippen LogP contribution >= 0.6 is 7.82 Å². The van der Waals surface area contributed by atoms with Gasteiger partial charge in [-0.3, -0.25) is 18.6 Å². The summed E-state index contributed by atoms with van der Waals surface area (Å²) >= 11 is 0. The molecule has 3 N–H and O–H groups in total. The molecule has 0 saturated carbocycles. The Labute approximate surface area is 231 Å².